The van der Waals surface area contributed by atoms with Crippen molar-refractivity contribution in [3.8, 4) is 0 Å². The molecule has 1 unspecified atom stereocenters. The van der Waals surface area contributed by atoms with Gasteiger partial charge in [0.1, 0.15) is 22.8 Å². The van der Waals surface area contributed by atoms with Crippen molar-refractivity contribution in [2.75, 3.05) is 13.1 Å². The summed E-state index contributed by atoms with van der Waals surface area (Å²) in [6.45, 7) is 11.1. The Hall–Kier alpha value is -4.75. The molecular weight excluding hydrogens is 642 g/mol. The van der Waals surface area contributed by atoms with E-state index in [-0.39, 0.29) is 44.3 Å². The Kier molecular flexibility index (Phi) is 15.4. The molecule has 0 fully saturated rings. The van der Waals surface area contributed by atoms with Crippen molar-refractivity contribution in [1.29, 1.82) is 0 Å². The maximum atomic E-state index is 14.3. The van der Waals surface area contributed by atoms with Gasteiger partial charge in [0.25, 0.3) is 5.91 Å². The Morgan fingerprint density at radius 2 is 1.41 bits per heavy atom. The summed E-state index contributed by atoms with van der Waals surface area (Å²) in [4.78, 5) is 63.0. The van der Waals surface area contributed by atoms with Gasteiger partial charge in [0.15, 0.2) is 0 Å². The van der Waals surface area contributed by atoms with Gasteiger partial charge in [0, 0.05) is 26.4 Å². The molecule has 2 aromatic rings. The number of halogens is 2. The normalized spacial score (nSPS) is 13.2. The number of nitrogens with one attached hydrogen (secondary N) is 4. The Morgan fingerprint density at radius 1 is 0.796 bits per heavy atom. The van der Waals surface area contributed by atoms with Crippen LogP contribution in [-0.2, 0) is 41.4 Å². The third kappa shape index (κ3) is 16.8. The van der Waals surface area contributed by atoms with E-state index in [4.69, 9.17) is 14.2 Å². The van der Waals surface area contributed by atoms with Gasteiger partial charge in [0.2, 0.25) is 12.0 Å². The van der Waals surface area contributed by atoms with Gasteiger partial charge < -0.3 is 35.5 Å². The fourth-order valence-corrected chi connectivity index (χ4v) is 4.56. The number of hydrogen-bond donors (Lipinski definition) is 4. The van der Waals surface area contributed by atoms with Crippen LogP contribution in [0.1, 0.15) is 72.4 Å². The number of alkyl carbamates (subject to hydrolysis) is 2. The average Bonchev–Trinajstić information content (AvgIpc) is 2.96. The van der Waals surface area contributed by atoms with E-state index in [2.05, 4.69) is 21.3 Å². The molecule has 270 valence electrons. The molecule has 0 aliphatic heterocycles. The largest absolute Gasteiger partial charge is 0.450 e. The molecule has 12 nitrogen and oxygen atoms in total. The van der Waals surface area contributed by atoms with E-state index >= 15 is 0 Å². The van der Waals surface area contributed by atoms with E-state index in [9.17, 15) is 32.8 Å². The van der Waals surface area contributed by atoms with Gasteiger partial charge in [-0.2, -0.15) is 0 Å². The zero-order valence-corrected chi connectivity index (χ0v) is 29.1. The van der Waals surface area contributed by atoms with Crippen LogP contribution in [0.5, 0.6) is 0 Å². The first-order chi connectivity index (χ1) is 22.8. The Balaban J connectivity index is 2.02. The number of carbonyl (C=O) groups is 5. The molecule has 0 spiro atoms. The number of ether oxygens (including phenoxy) is 3. The minimum atomic E-state index is -1.41. The zero-order chi connectivity index (χ0) is 36.8. The summed E-state index contributed by atoms with van der Waals surface area (Å²) in [5, 5.41) is 10.5. The lowest BCUT2D eigenvalue weighted by Crippen LogP contribution is -2.54. The Morgan fingerprint density at radius 3 is 2.00 bits per heavy atom. The quantitative estimate of drug-likeness (QED) is 0.121. The highest BCUT2D eigenvalue weighted by atomic mass is 19.1. The SMILES string of the molecule is CC(=O)O[C@H](C(=O)NCCCC(=O)NCC(Cc1cc(F)ccc1F)NC(=O)OC(C)(C)C)[C@@H](Cc1ccccc1)NC(=O)OC(C)(C)C. The molecule has 4 N–H and O–H groups in total. The number of esters is 1. The minimum Gasteiger partial charge on any atom is -0.450 e. The predicted molar refractivity (Wildman–Crippen MR) is 177 cm³/mol. The van der Waals surface area contributed by atoms with Crippen LogP contribution < -0.4 is 21.3 Å². The fourth-order valence-electron chi connectivity index (χ4n) is 4.56. The zero-order valence-electron chi connectivity index (χ0n) is 29.1. The Labute approximate surface area is 286 Å². The van der Waals surface area contributed by atoms with Gasteiger partial charge in [-0.1, -0.05) is 30.3 Å². The summed E-state index contributed by atoms with van der Waals surface area (Å²) >= 11 is 0. The molecule has 0 aliphatic carbocycles. The molecule has 4 amide bonds. The second kappa shape index (κ2) is 18.7. The molecule has 0 heterocycles. The number of rotatable bonds is 15. The van der Waals surface area contributed by atoms with Crippen molar-refractivity contribution in [2.45, 2.75) is 104 Å². The van der Waals surface area contributed by atoms with E-state index in [1.54, 1.807) is 65.8 Å². The van der Waals surface area contributed by atoms with E-state index in [0.29, 0.717) is 0 Å². The summed E-state index contributed by atoms with van der Waals surface area (Å²) in [6, 6.07) is 10.1. The molecule has 14 heteroatoms. The first kappa shape index (κ1) is 40.4. The molecular formula is C35H48F2N4O8. The monoisotopic (exact) mass is 690 g/mol. The van der Waals surface area contributed by atoms with Gasteiger partial charge >= 0.3 is 18.2 Å². The highest BCUT2D eigenvalue weighted by Crippen LogP contribution is 2.15. The molecule has 0 radical (unpaired) electrons. The molecule has 0 aromatic heterocycles. The van der Waals surface area contributed by atoms with Crippen molar-refractivity contribution in [3.63, 3.8) is 0 Å². The summed E-state index contributed by atoms with van der Waals surface area (Å²) in [7, 11) is 0. The molecule has 2 rings (SSSR count). The van der Waals surface area contributed by atoms with Crippen molar-refractivity contribution >= 4 is 30.0 Å². The third-order valence-corrected chi connectivity index (χ3v) is 6.54. The second-order valence-electron chi connectivity index (χ2n) is 13.5. The van der Waals surface area contributed by atoms with E-state index in [1.165, 1.54) is 0 Å². The lowest BCUT2D eigenvalue weighted by Gasteiger charge is -2.28. The van der Waals surface area contributed by atoms with Crippen LogP contribution in [0.15, 0.2) is 48.5 Å². The van der Waals surface area contributed by atoms with Crippen LogP contribution in [-0.4, -0.2) is 72.4 Å². The van der Waals surface area contributed by atoms with Crippen molar-refractivity contribution in [2.24, 2.45) is 0 Å². The van der Waals surface area contributed by atoms with Crippen molar-refractivity contribution in [1.82, 2.24) is 21.3 Å². The molecule has 2 aromatic carbocycles. The second-order valence-corrected chi connectivity index (χ2v) is 13.5. The van der Waals surface area contributed by atoms with E-state index in [0.717, 1.165) is 30.7 Å². The molecule has 0 aliphatic rings. The number of benzene rings is 2. The Bertz CT molecular complexity index is 1430. The van der Waals surface area contributed by atoms with Crippen molar-refractivity contribution < 1.29 is 47.0 Å². The average molecular weight is 691 g/mol. The van der Waals surface area contributed by atoms with Gasteiger partial charge in [-0.3, -0.25) is 14.4 Å². The number of amides is 4. The summed E-state index contributed by atoms with van der Waals surface area (Å²) in [6.07, 6.45) is -2.85. The molecule has 3 atom stereocenters. The van der Waals surface area contributed by atoms with Crippen molar-refractivity contribution in [3.05, 3.63) is 71.3 Å². The number of carbonyl (C=O) groups excluding carboxylic acids is 5. The lowest BCUT2D eigenvalue weighted by molar-refractivity contribution is -0.155. The highest BCUT2D eigenvalue weighted by Gasteiger charge is 2.34. The van der Waals surface area contributed by atoms with Crippen LogP contribution in [0.2, 0.25) is 0 Å². The first-order valence-corrected chi connectivity index (χ1v) is 16.0. The van der Waals surface area contributed by atoms with Crippen LogP contribution in [0, 0.1) is 11.6 Å². The first-order valence-electron chi connectivity index (χ1n) is 16.0. The third-order valence-electron chi connectivity index (χ3n) is 6.54. The van der Waals surface area contributed by atoms with Gasteiger partial charge in [-0.25, -0.2) is 18.4 Å². The van der Waals surface area contributed by atoms with E-state index in [1.807, 2.05) is 6.07 Å². The predicted octanol–water partition coefficient (Wildman–Crippen LogP) is 4.48. The van der Waals surface area contributed by atoms with Crippen LogP contribution in [0.3, 0.4) is 0 Å². The number of hydrogen-bond acceptors (Lipinski definition) is 8. The highest BCUT2D eigenvalue weighted by molar-refractivity contribution is 5.85. The van der Waals surface area contributed by atoms with Crippen LogP contribution in [0.4, 0.5) is 18.4 Å². The topological polar surface area (TPSA) is 161 Å². The smallest absolute Gasteiger partial charge is 0.408 e. The lowest BCUT2D eigenvalue weighted by atomic mass is 10.0. The van der Waals surface area contributed by atoms with Crippen LogP contribution >= 0.6 is 0 Å². The van der Waals surface area contributed by atoms with Crippen LogP contribution in [0.25, 0.3) is 0 Å². The summed E-state index contributed by atoms with van der Waals surface area (Å²) in [5.41, 5.74) is -0.853. The summed E-state index contributed by atoms with van der Waals surface area (Å²) < 4.78 is 44.1. The maximum absolute atomic E-state index is 14.3. The molecule has 0 bridgehead atoms. The maximum Gasteiger partial charge on any atom is 0.408 e. The fraction of sp³-hybridized carbons (Fsp3) is 0.514. The van der Waals surface area contributed by atoms with Gasteiger partial charge in [0.05, 0.1) is 12.1 Å². The molecule has 49 heavy (non-hydrogen) atoms. The standard InChI is InChI=1S/C35H48F2N4O8/c1-22(42)47-30(28(18-23-12-9-8-10-13-23)41-33(46)49-35(5,6)7)31(44)38-17-11-14-29(43)39-21-26(40-32(45)48-34(2,3)4)20-24-19-25(36)15-16-27(24)37/h8-10,12-13,15-16,19,26,28,30H,11,14,17-18,20-21H2,1-7H3,(H,38,44)(H,39,43)(H,40,45)(H,41,46)/t26?,28-,30+/m1/s1. The van der Waals surface area contributed by atoms with Gasteiger partial charge in [-0.15, -0.1) is 0 Å². The van der Waals surface area contributed by atoms with Gasteiger partial charge in [-0.05, 0) is 90.1 Å². The minimum absolute atomic E-state index is 0.00656. The van der Waals surface area contributed by atoms with E-state index < -0.39 is 71.0 Å². The molecule has 0 saturated heterocycles. The summed E-state index contributed by atoms with van der Waals surface area (Å²) in [5.74, 6) is -3.18. The molecule has 0 saturated carbocycles.